The van der Waals surface area contributed by atoms with Crippen LogP contribution in [-0.4, -0.2) is 33.1 Å². The number of rotatable bonds is 6. The first kappa shape index (κ1) is 15.5. The smallest absolute Gasteiger partial charge is 0.228 e. The second-order valence-electron chi connectivity index (χ2n) is 4.73. The number of nitrogens with two attached hydrogens (primary N) is 1. The first-order chi connectivity index (χ1) is 10.1. The van der Waals surface area contributed by atoms with Crippen LogP contribution in [0.15, 0.2) is 24.3 Å². The second kappa shape index (κ2) is 7.24. The molecule has 0 fully saturated rings. The van der Waals surface area contributed by atoms with E-state index in [-0.39, 0.29) is 11.8 Å². The molecule has 0 aliphatic heterocycles. The molecular formula is C14H19N5OS. The summed E-state index contributed by atoms with van der Waals surface area (Å²) in [4.78, 5) is 16.2. The van der Waals surface area contributed by atoms with Gasteiger partial charge in [-0.1, -0.05) is 6.92 Å². The fourth-order valence-electron chi connectivity index (χ4n) is 1.81. The molecule has 0 bridgehead atoms. The van der Waals surface area contributed by atoms with Crippen LogP contribution in [0.5, 0.6) is 0 Å². The molecule has 0 spiro atoms. The Morgan fingerprint density at radius 1 is 1.43 bits per heavy atom. The highest BCUT2D eigenvalue weighted by atomic mass is 32.2. The maximum atomic E-state index is 11.9. The number of amides is 1. The van der Waals surface area contributed by atoms with Crippen LogP contribution in [0, 0.1) is 5.92 Å². The van der Waals surface area contributed by atoms with E-state index in [1.807, 2.05) is 37.4 Å². The zero-order valence-corrected chi connectivity index (χ0v) is 12.9. The summed E-state index contributed by atoms with van der Waals surface area (Å²) in [7, 11) is 0. The summed E-state index contributed by atoms with van der Waals surface area (Å²) >= 11 is 1.66. The van der Waals surface area contributed by atoms with Crippen LogP contribution >= 0.6 is 11.8 Å². The number of aromatic nitrogens is 3. The molecule has 0 aliphatic rings. The Hall–Kier alpha value is -1.86. The van der Waals surface area contributed by atoms with Crippen molar-refractivity contribution in [3.05, 3.63) is 30.1 Å². The Morgan fingerprint density at radius 3 is 2.71 bits per heavy atom. The van der Waals surface area contributed by atoms with E-state index < -0.39 is 0 Å². The van der Waals surface area contributed by atoms with Crippen molar-refractivity contribution < 1.29 is 4.79 Å². The maximum Gasteiger partial charge on any atom is 0.228 e. The van der Waals surface area contributed by atoms with Crippen LogP contribution in [-0.2, 0) is 11.3 Å². The van der Waals surface area contributed by atoms with Gasteiger partial charge in [0.05, 0.1) is 6.54 Å². The molecule has 0 saturated heterocycles. The second-order valence-corrected chi connectivity index (χ2v) is 5.64. The SMILES string of the molecule is CSCC(C)C(=O)Nc1ccc(-c2n[nH]c(CN)n2)cc1. The molecule has 4 N–H and O–H groups in total. The summed E-state index contributed by atoms with van der Waals surface area (Å²) < 4.78 is 0. The van der Waals surface area contributed by atoms with Crippen LogP contribution in [0.4, 0.5) is 5.69 Å². The van der Waals surface area contributed by atoms with Crippen molar-refractivity contribution in [2.45, 2.75) is 13.5 Å². The summed E-state index contributed by atoms with van der Waals surface area (Å²) in [5, 5.41) is 9.77. The average Bonchev–Trinajstić information content (AvgIpc) is 2.97. The van der Waals surface area contributed by atoms with E-state index in [4.69, 9.17) is 5.73 Å². The molecule has 0 aliphatic carbocycles. The predicted molar refractivity (Wildman–Crippen MR) is 85.9 cm³/mol. The van der Waals surface area contributed by atoms with Gasteiger partial charge in [0.1, 0.15) is 5.82 Å². The molecule has 1 heterocycles. The summed E-state index contributed by atoms with van der Waals surface area (Å²) in [6.07, 6.45) is 1.99. The van der Waals surface area contributed by atoms with E-state index in [1.165, 1.54) is 0 Å². The minimum absolute atomic E-state index is 0.0141. The third-order valence-electron chi connectivity index (χ3n) is 3.00. The van der Waals surface area contributed by atoms with Gasteiger partial charge in [0.15, 0.2) is 5.82 Å². The van der Waals surface area contributed by atoms with Crippen molar-refractivity contribution in [2.75, 3.05) is 17.3 Å². The molecule has 1 amide bonds. The number of benzene rings is 1. The van der Waals surface area contributed by atoms with Crippen molar-refractivity contribution in [2.24, 2.45) is 11.7 Å². The average molecular weight is 305 g/mol. The number of H-pyrrole nitrogens is 1. The molecule has 6 nitrogen and oxygen atoms in total. The fourth-order valence-corrected chi connectivity index (χ4v) is 2.46. The van der Waals surface area contributed by atoms with Gasteiger partial charge in [-0.05, 0) is 30.5 Å². The number of hydrogen-bond acceptors (Lipinski definition) is 5. The minimum atomic E-state index is -0.0141. The Bertz CT molecular complexity index is 596. The van der Waals surface area contributed by atoms with Gasteiger partial charge in [0.25, 0.3) is 0 Å². The molecule has 1 unspecified atom stereocenters. The Morgan fingerprint density at radius 2 is 2.14 bits per heavy atom. The number of nitrogens with one attached hydrogen (secondary N) is 2. The van der Waals surface area contributed by atoms with Gasteiger partial charge in [0.2, 0.25) is 5.91 Å². The van der Waals surface area contributed by atoms with E-state index in [9.17, 15) is 4.79 Å². The van der Waals surface area contributed by atoms with Crippen LogP contribution in [0.1, 0.15) is 12.7 Å². The zero-order valence-electron chi connectivity index (χ0n) is 12.1. The molecule has 112 valence electrons. The highest BCUT2D eigenvalue weighted by molar-refractivity contribution is 7.98. The number of thioether (sulfide) groups is 1. The van der Waals surface area contributed by atoms with Crippen molar-refractivity contribution in [3.63, 3.8) is 0 Å². The molecule has 21 heavy (non-hydrogen) atoms. The van der Waals surface area contributed by atoms with Crippen LogP contribution in [0.3, 0.4) is 0 Å². The van der Waals surface area contributed by atoms with Crippen molar-refractivity contribution >= 4 is 23.4 Å². The van der Waals surface area contributed by atoms with Crippen molar-refractivity contribution in [1.82, 2.24) is 15.2 Å². The molecule has 0 radical (unpaired) electrons. The van der Waals surface area contributed by atoms with Gasteiger partial charge in [0, 0.05) is 22.9 Å². The lowest BCUT2D eigenvalue weighted by Gasteiger charge is -2.10. The first-order valence-electron chi connectivity index (χ1n) is 6.65. The summed E-state index contributed by atoms with van der Waals surface area (Å²) in [6.45, 7) is 2.25. The number of nitrogens with zero attached hydrogens (tertiary/aromatic N) is 2. The maximum absolute atomic E-state index is 11.9. The van der Waals surface area contributed by atoms with Gasteiger partial charge >= 0.3 is 0 Å². The van der Waals surface area contributed by atoms with Gasteiger partial charge in [-0.2, -0.15) is 16.9 Å². The lowest BCUT2D eigenvalue weighted by Crippen LogP contribution is -2.21. The molecule has 1 aromatic heterocycles. The predicted octanol–water partition coefficient (Wildman–Crippen LogP) is 1.87. The van der Waals surface area contributed by atoms with Crippen molar-refractivity contribution in [1.29, 1.82) is 0 Å². The van der Waals surface area contributed by atoms with Gasteiger partial charge < -0.3 is 11.1 Å². The number of anilines is 1. The number of aromatic amines is 1. The monoisotopic (exact) mass is 305 g/mol. The van der Waals surface area contributed by atoms with Crippen LogP contribution < -0.4 is 11.1 Å². The molecule has 0 saturated carbocycles. The molecule has 7 heteroatoms. The van der Waals surface area contributed by atoms with Crippen molar-refractivity contribution in [3.8, 4) is 11.4 Å². The lowest BCUT2D eigenvalue weighted by atomic mass is 10.1. The first-order valence-corrected chi connectivity index (χ1v) is 8.05. The highest BCUT2D eigenvalue weighted by Gasteiger charge is 2.12. The fraction of sp³-hybridized carbons (Fsp3) is 0.357. The quantitative estimate of drug-likeness (QED) is 0.757. The molecule has 1 atom stereocenters. The largest absolute Gasteiger partial charge is 0.326 e. The van der Waals surface area contributed by atoms with Crippen LogP contribution in [0.25, 0.3) is 11.4 Å². The zero-order chi connectivity index (χ0) is 15.2. The molecule has 1 aromatic carbocycles. The number of carbonyl (C=O) groups excluding carboxylic acids is 1. The van der Waals surface area contributed by atoms with Gasteiger partial charge in [-0.25, -0.2) is 4.98 Å². The summed E-state index contributed by atoms with van der Waals surface area (Å²) in [5.74, 6) is 2.07. The molecule has 2 aromatic rings. The summed E-state index contributed by atoms with van der Waals surface area (Å²) in [5.41, 5.74) is 7.14. The Kier molecular flexibility index (Phi) is 5.35. The van der Waals surface area contributed by atoms with E-state index in [0.717, 1.165) is 17.0 Å². The van der Waals surface area contributed by atoms with Gasteiger partial charge in [-0.3, -0.25) is 9.89 Å². The Labute approximate surface area is 127 Å². The van der Waals surface area contributed by atoms with E-state index in [0.29, 0.717) is 18.2 Å². The minimum Gasteiger partial charge on any atom is -0.326 e. The number of carbonyl (C=O) groups is 1. The topological polar surface area (TPSA) is 96.7 Å². The number of hydrogen-bond donors (Lipinski definition) is 3. The molecular weight excluding hydrogens is 286 g/mol. The van der Waals surface area contributed by atoms with E-state index in [1.54, 1.807) is 11.8 Å². The van der Waals surface area contributed by atoms with E-state index in [2.05, 4.69) is 20.5 Å². The Balaban J connectivity index is 2.03. The lowest BCUT2D eigenvalue weighted by molar-refractivity contribution is -0.118. The summed E-state index contributed by atoms with van der Waals surface area (Å²) in [6, 6.07) is 7.44. The van der Waals surface area contributed by atoms with Crippen LogP contribution in [0.2, 0.25) is 0 Å². The third-order valence-corrected chi connectivity index (χ3v) is 3.83. The normalized spacial score (nSPS) is 12.1. The van der Waals surface area contributed by atoms with E-state index >= 15 is 0 Å². The van der Waals surface area contributed by atoms with Gasteiger partial charge in [-0.15, -0.1) is 0 Å². The third kappa shape index (κ3) is 4.05. The highest BCUT2D eigenvalue weighted by Crippen LogP contribution is 2.18. The molecule has 2 rings (SSSR count). The standard InChI is InChI=1S/C14H19N5OS/c1-9(8-21-2)14(20)16-11-5-3-10(4-6-11)13-17-12(7-15)18-19-13/h3-6,9H,7-8,15H2,1-2H3,(H,16,20)(H,17,18,19).